The van der Waals surface area contributed by atoms with Crippen LogP contribution in [0.2, 0.25) is 0 Å². The molecule has 0 amide bonds. The lowest BCUT2D eigenvalue weighted by molar-refractivity contribution is 0.491. The fraction of sp³-hybridized carbons (Fsp3) is 0.846. The van der Waals surface area contributed by atoms with E-state index in [4.69, 9.17) is 0 Å². The summed E-state index contributed by atoms with van der Waals surface area (Å²) in [5.74, 6) is 0.726. The Morgan fingerprint density at radius 2 is 1.79 bits per heavy atom. The van der Waals surface area contributed by atoms with Gasteiger partial charge in [-0.2, -0.15) is 0 Å². The summed E-state index contributed by atoms with van der Waals surface area (Å²) in [6.07, 6.45) is 9.92. The summed E-state index contributed by atoms with van der Waals surface area (Å²) in [7, 11) is 0. The van der Waals surface area contributed by atoms with Crippen LogP contribution in [0.1, 0.15) is 52.4 Å². The summed E-state index contributed by atoms with van der Waals surface area (Å²) in [4.78, 5) is 0. The molecule has 0 radical (unpaired) electrons. The SMILES string of the molecule is C=CC(CCCC)CCNCCCC. The molecule has 0 aromatic heterocycles. The lowest BCUT2D eigenvalue weighted by Gasteiger charge is -2.12. The van der Waals surface area contributed by atoms with Crippen LogP contribution in [-0.2, 0) is 0 Å². The topological polar surface area (TPSA) is 12.0 Å². The Kier molecular flexibility index (Phi) is 10.5. The lowest BCUT2D eigenvalue weighted by Crippen LogP contribution is -2.18. The van der Waals surface area contributed by atoms with E-state index in [1.165, 1.54) is 45.1 Å². The summed E-state index contributed by atoms with van der Waals surface area (Å²) in [6.45, 7) is 10.7. The van der Waals surface area contributed by atoms with Crippen LogP contribution in [0, 0.1) is 5.92 Å². The molecule has 0 saturated heterocycles. The molecule has 1 atom stereocenters. The first-order valence-electron chi connectivity index (χ1n) is 6.18. The van der Waals surface area contributed by atoms with E-state index >= 15 is 0 Å². The Labute approximate surface area is 90.0 Å². The van der Waals surface area contributed by atoms with Gasteiger partial charge < -0.3 is 5.32 Å². The van der Waals surface area contributed by atoms with Gasteiger partial charge in [-0.1, -0.05) is 39.2 Å². The van der Waals surface area contributed by atoms with E-state index in [0.29, 0.717) is 0 Å². The maximum Gasteiger partial charge on any atom is -0.00433 e. The van der Waals surface area contributed by atoms with Crippen LogP contribution in [0.15, 0.2) is 12.7 Å². The summed E-state index contributed by atoms with van der Waals surface area (Å²) in [5, 5.41) is 3.48. The average Bonchev–Trinajstić information content (AvgIpc) is 2.22. The Balaban J connectivity index is 3.28. The van der Waals surface area contributed by atoms with Crippen LogP contribution in [0.5, 0.6) is 0 Å². The van der Waals surface area contributed by atoms with Gasteiger partial charge in [-0.25, -0.2) is 0 Å². The number of rotatable bonds is 10. The maximum absolute atomic E-state index is 3.90. The van der Waals surface area contributed by atoms with Crippen molar-refractivity contribution in [2.45, 2.75) is 52.4 Å². The monoisotopic (exact) mass is 197 g/mol. The molecular formula is C13H27N. The predicted molar refractivity (Wildman–Crippen MR) is 65.6 cm³/mol. The molecule has 1 unspecified atom stereocenters. The third-order valence-electron chi connectivity index (χ3n) is 2.66. The quantitative estimate of drug-likeness (QED) is 0.415. The van der Waals surface area contributed by atoms with Gasteiger partial charge in [0, 0.05) is 0 Å². The van der Waals surface area contributed by atoms with Crippen LogP contribution < -0.4 is 5.32 Å². The molecule has 0 aromatic rings. The number of hydrogen-bond donors (Lipinski definition) is 1. The molecule has 1 nitrogen and oxygen atoms in total. The van der Waals surface area contributed by atoms with Crippen LogP contribution in [0.3, 0.4) is 0 Å². The van der Waals surface area contributed by atoms with Crippen LogP contribution in [0.4, 0.5) is 0 Å². The summed E-state index contributed by atoms with van der Waals surface area (Å²) >= 11 is 0. The second kappa shape index (κ2) is 10.8. The number of hydrogen-bond acceptors (Lipinski definition) is 1. The van der Waals surface area contributed by atoms with E-state index in [-0.39, 0.29) is 0 Å². The van der Waals surface area contributed by atoms with Crippen LogP contribution >= 0.6 is 0 Å². The van der Waals surface area contributed by atoms with Gasteiger partial charge in [0.15, 0.2) is 0 Å². The second-order valence-electron chi connectivity index (χ2n) is 4.03. The standard InChI is InChI=1S/C13H27N/c1-4-7-9-13(6-3)10-12-14-11-8-5-2/h6,13-14H,3-5,7-12H2,1-2H3. The molecule has 1 heteroatoms. The molecular weight excluding hydrogens is 170 g/mol. The molecule has 0 saturated carbocycles. The molecule has 84 valence electrons. The molecule has 0 aliphatic rings. The van der Waals surface area contributed by atoms with Gasteiger partial charge in [0.05, 0.1) is 0 Å². The Bertz CT molecular complexity index is 120. The number of unbranched alkanes of at least 4 members (excludes halogenated alkanes) is 2. The van der Waals surface area contributed by atoms with Crippen molar-refractivity contribution in [3.8, 4) is 0 Å². The first-order chi connectivity index (χ1) is 6.85. The van der Waals surface area contributed by atoms with E-state index in [2.05, 4.69) is 31.8 Å². The van der Waals surface area contributed by atoms with E-state index in [9.17, 15) is 0 Å². The van der Waals surface area contributed by atoms with Crippen molar-refractivity contribution in [2.75, 3.05) is 13.1 Å². The fourth-order valence-corrected chi connectivity index (χ4v) is 1.56. The third kappa shape index (κ3) is 8.31. The molecule has 0 bridgehead atoms. The van der Waals surface area contributed by atoms with E-state index in [1.54, 1.807) is 0 Å². The molecule has 0 heterocycles. The minimum absolute atomic E-state index is 0.726. The smallest absolute Gasteiger partial charge is 0.00433 e. The van der Waals surface area contributed by atoms with Crippen molar-refractivity contribution in [2.24, 2.45) is 5.92 Å². The van der Waals surface area contributed by atoms with Gasteiger partial charge in [-0.15, -0.1) is 6.58 Å². The van der Waals surface area contributed by atoms with Crippen molar-refractivity contribution in [1.29, 1.82) is 0 Å². The largest absolute Gasteiger partial charge is 0.317 e. The first kappa shape index (κ1) is 13.7. The van der Waals surface area contributed by atoms with Gasteiger partial charge in [0.2, 0.25) is 0 Å². The van der Waals surface area contributed by atoms with Crippen LogP contribution in [-0.4, -0.2) is 13.1 Å². The van der Waals surface area contributed by atoms with E-state index in [1.807, 2.05) is 0 Å². The van der Waals surface area contributed by atoms with Crippen molar-refractivity contribution in [1.82, 2.24) is 5.32 Å². The Morgan fingerprint density at radius 3 is 2.36 bits per heavy atom. The average molecular weight is 197 g/mol. The molecule has 14 heavy (non-hydrogen) atoms. The van der Waals surface area contributed by atoms with Crippen molar-refractivity contribution >= 4 is 0 Å². The predicted octanol–water partition coefficient (Wildman–Crippen LogP) is 3.76. The Hall–Kier alpha value is -0.300. The molecule has 0 aromatic carbocycles. The number of allylic oxidation sites excluding steroid dienone is 1. The summed E-state index contributed by atoms with van der Waals surface area (Å²) in [5.41, 5.74) is 0. The highest BCUT2D eigenvalue weighted by molar-refractivity contribution is 4.79. The molecule has 0 aliphatic heterocycles. The van der Waals surface area contributed by atoms with E-state index < -0.39 is 0 Å². The molecule has 1 N–H and O–H groups in total. The zero-order valence-electron chi connectivity index (χ0n) is 10.0. The van der Waals surface area contributed by atoms with Crippen LogP contribution in [0.25, 0.3) is 0 Å². The van der Waals surface area contributed by atoms with E-state index in [0.717, 1.165) is 12.5 Å². The normalized spacial score (nSPS) is 12.7. The van der Waals surface area contributed by atoms with Crippen molar-refractivity contribution in [3.05, 3.63) is 12.7 Å². The van der Waals surface area contributed by atoms with Crippen molar-refractivity contribution < 1.29 is 0 Å². The maximum atomic E-state index is 3.90. The highest BCUT2D eigenvalue weighted by Crippen LogP contribution is 2.12. The van der Waals surface area contributed by atoms with Gasteiger partial charge >= 0.3 is 0 Å². The first-order valence-corrected chi connectivity index (χ1v) is 6.18. The summed E-state index contributed by atoms with van der Waals surface area (Å²) < 4.78 is 0. The van der Waals surface area contributed by atoms with Gasteiger partial charge in [0.25, 0.3) is 0 Å². The zero-order valence-corrected chi connectivity index (χ0v) is 10.0. The summed E-state index contributed by atoms with van der Waals surface area (Å²) in [6, 6.07) is 0. The molecule has 0 fully saturated rings. The Morgan fingerprint density at radius 1 is 1.07 bits per heavy atom. The fourth-order valence-electron chi connectivity index (χ4n) is 1.56. The lowest BCUT2D eigenvalue weighted by atomic mass is 9.99. The molecule has 0 aliphatic carbocycles. The minimum atomic E-state index is 0.726. The molecule has 0 rings (SSSR count). The van der Waals surface area contributed by atoms with Gasteiger partial charge in [0.1, 0.15) is 0 Å². The highest BCUT2D eigenvalue weighted by Gasteiger charge is 2.02. The molecule has 0 spiro atoms. The minimum Gasteiger partial charge on any atom is -0.317 e. The highest BCUT2D eigenvalue weighted by atomic mass is 14.8. The third-order valence-corrected chi connectivity index (χ3v) is 2.66. The van der Waals surface area contributed by atoms with Gasteiger partial charge in [-0.3, -0.25) is 0 Å². The van der Waals surface area contributed by atoms with Gasteiger partial charge in [-0.05, 0) is 38.3 Å². The zero-order chi connectivity index (χ0) is 10.6. The number of nitrogens with one attached hydrogen (secondary N) is 1. The second-order valence-corrected chi connectivity index (χ2v) is 4.03. The van der Waals surface area contributed by atoms with Crippen molar-refractivity contribution in [3.63, 3.8) is 0 Å².